The lowest BCUT2D eigenvalue weighted by Gasteiger charge is -2.37. The topological polar surface area (TPSA) is 60.0 Å². The van der Waals surface area contributed by atoms with E-state index < -0.39 is 0 Å². The predicted molar refractivity (Wildman–Crippen MR) is 121 cm³/mol. The number of thiocarbonyl (C=S) groups is 1. The van der Waals surface area contributed by atoms with Gasteiger partial charge in [-0.3, -0.25) is 4.79 Å². The van der Waals surface area contributed by atoms with E-state index in [1.54, 1.807) is 12.1 Å². The highest BCUT2D eigenvalue weighted by atomic mass is 32.1. The van der Waals surface area contributed by atoms with Gasteiger partial charge in [0.25, 0.3) is 5.91 Å². The molecule has 7 heteroatoms. The van der Waals surface area contributed by atoms with Crippen molar-refractivity contribution in [3.8, 4) is 11.5 Å². The van der Waals surface area contributed by atoms with E-state index in [0.717, 1.165) is 29.4 Å². The molecule has 0 spiro atoms. The maximum absolute atomic E-state index is 12.1. The molecule has 1 N–H and O–H groups in total. The van der Waals surface area contributed by atoms with E-state index in [9.17, 15) is 4.79 Å². The first-order chi connectivity index (χ1) is 14.4. The summed E-state index contributed by atoms with van der Waals surface area (Å²) in [5.74, 6) is 1.16. The zero-order valence-electron chi connectivity index (χ0n) is 17.6. The molecule has 1 aliphatic heterocycles. The molecule has 6 nitrogen and oxygen atoms in total. The monoisotopic (exact) mass is 428 g/mol. The van der Waals surface area contributed by atoms with Crippen LogP contribution < -0.4 is 14.8 Å². The standard InChI is InChI=1S/C23H28N2O4S/c1-4-27-20-11-7-19(8-12-20)24-22(26)15-28-21-9-5-18(6-10-21)23(30)25-13-16(2)29-17(3)14-25/h5-12,16-17H,4,13-15H2,1-3H3,(H,24,26)/t16-,17-/m0/s1. The Kier molecular flexibility index (Phi) is 7.65. The van der Waals surface area contributed by atoms with Gasteiger partial charge in [0.05, 0.1) is 18.8 Å². The van der Waals surface area contributed by atoms with Crippen LogP contribution >= 0.6 is 12.2 Å². The number of carbonyl (C=O) groups is 1. The number of anilines is 1. The van der Waals surface area contributed by atoms with Gasteiger partial charge < -0.3 is 24.4 Å². The second-order valence-electron chi connectivity index (χ2n) is 7.29. The van der Waals surface area contributed by atoms with Crippen LogP contribution in [0.5, 0.6) is 11.5 Å². The molecule has 160 valence electrons. The molecule has 0 aromatic heterocycles. The minimum atomic E-state index is -0.227. The zero-order chi connectivity index (χ0) is 21.5. The number of nitrogens with one attached hydrogen (secondary N) is 1. The van der Waals surface area contributed by atoms with E-state index in [4.69, 9.17) is 26.4 Å². The van der Waals surface area contributed by atoms with E-state index in [2.05, 4.69) is 24.1 Å². The highest BCUT2D eigenvalue weighted by Gasteiger charge is 2.24. The van der Waals surface area contributed by atoms with Crippen molar-refractivity contribution in [3.63, 3.8) is 0 Å². The number of benzene rings is 2. The Balaban J connectivity index is 1.49. The molecule has 0 aliphatic carbocycles. The first-order valence-electron chi connectivity index (χ1n) is 10.1. The number of rotatable bonds is 7. The van der Waals surface area contributed by atoms with Gasteiger partial charge in [-0.05, 0) is 69.3 Å². The lowest BCUT2D eigenvalue weighted by atomic mass is 10.1. The highest BCUT2D eigenvalue weighted by molar-refractivity contribution is 7.80. The van der Waals surface area contributed by atoms with Gasteiger partial charge in [0.2, 0.25) is 0 Å². The lowest BCUT2D eigenvalue weighted by molar-refractivity contribution is -0.118. The van der Waals surface area contributed by atoms with E-state index in [0.29, 0.717) is 18.0 Å². The van der Waals surface area contributed by atoms with Crippen LogP contribution in [0.3, 0.4) is 0 Å². The molecule has 30 heavy (non-hydrogen) atoms. The van der Waals surface area contributed by atoms with Crippen LogP contribution in [0.15, 0.2) is 48.5 Å². The van der Waals surface area contributed by atoms with Gasteiger partial charge in [-0.1, -0.05) is 12.2 Å². The molecular weight excluding hydrogens is 400 g/mol. The predicted octanol–water partition coefficient (Wildman–Crippen LogP) is 3.89. The average molecular weight is 429 g/mol. The molecule has 3 rings (SSSR count). The van der Waals surface area contributed by atoms with Crippen molar-refractivity contribution in [2.45, 2.75) is 33.0 Å². The first-order valence-corrected chi connectivity index (χ1v) is 10.6. The van der Waals surface area contributed by atoms with E-state index in [1.807, 2.05) is 43.3 Å². The normalized spacial score (nSPS) is 18.6. The molecule has 1 saturated heterocycles. The van der Waals surface area contributed by atoms with Crippen molar-refractivity contribution in [1.82, 2.24) is 4.90 Å². The van der Waals surface area contributed by atoms with Crippen LogP contribution in [-0.4, -0.2) is 54.3 Å². The molecule has 0 saturated carbocycles. The molecular formula is C23H28N2O4S. The Morgan fingerprint density at radius 1 is 1.03 bits per heavy atom. The number of ether oxygens (including phenoxy) is 3. The fourth-order valence-corrected chi connectivity index (χ4v) is 3.65. The van der Waals surface area contributed by atoms with Gasteiger partial charge in [0.1, 0.15) is 16.5 Å². The molecule has 2 aromatic carbocycles. The van der Waals surface area contributed by atoms with Crippen LogP contribution in [0.4, 0.5) is 5.69 Å². The molecule has 2 aromatic rings. The summed E-state index contributed by atoms with van der Waals surface area (Å²) in [5, 5.41) is 2.80. The Labute approximate surface area is 183 Å². The van der Waals surface area contributed by atoms with Gasteiger partial charge >= 0.3 is 0 Å². The number of carbonyl (C=O) groups excluding carboxylic acids is 1. The maximum Gasteiger partial charge on any atom is 0.262 e. The third-order valence-corrected chi connectivity index (χ3v) is 5.12. The quantitative estimate of drug-likeness (QED) is 0.676. The van der Waals surface area contributed by atoms with Crippen LogP contribution in [0, 0.1) is 0 Å². The smallest absolute Gasteiger partial charge is 0.262 e. The van der Waals surface area contributed by atoms with Gasteiger partial charge in [0, 0.05) is 24.3 Å². The second kappa shape index (κ2) is 10.4. The summed E-state index contributed by atoms with van der Waals surface area (Å²) < 4.78 is 16.8. The van der Waals surface area contributed by atoms with Gasteiger partial charge in [0.15, 0.2) is 6.61 Å². The van der Waals surface area contributed by atoms with Crippen molar-refractivity contribution in [1.29, 1.82) is 0 Å². The first kappa shape index (κ1) is 22.1. The SMILES string of the molecule is CCOc1ccc(NC(=O)COc2ccc(C(=S)N3C[C@H](C)O[C@@H](C)C3)cc2)cc1. The summed E-state index contributed by atoms with van der Waals surface area (Å²) >= 11 is 5.65. The number of hydrogen-bond donors (Lipinski definition) is 1. The van der Waals surface area contributed by atoms with E-state index >= 15 is 0 Å². The van der Waals surface area contributed by atoms with Crippen LogP contribution in [0.25, 0.3) is 0 Å². The number of amides is 1. The van der Waals surface area contributed by atoms with Crippen molar-refractivity contribution in [2.24, 2.45) is 0 Å². The summed E-state index contributed by atoms with van der Waals surface area (Å²) in [4.78, 5) is 15.1. The molecule has 0 radical (unpaired) electrons. The third-order valence-electron chi connectivity index (χ3n) is 4.63. The molecule has 2 atom stereocenters. The fraction of sp³-hybridized carbons (Fsp3) is 0.391. The van der Waals surface area contributed by atoms with E-state index in [1.165, 1.54) is 0 Å². The maximum atomic E-state index is 12.1. The summed E-state index contributed by atoms with van der Waals surface area (Å²) in [7, 11) is 0. The molecule has 1 heterocycles. The fourth-order valence-electron chi connectivity index (χ4n) is 3.37. The van der Waals surface area contributed by atoms with Crippen LogP contribution in [0.2, 0.25) is 0 Å². The van der Waals surface area contributed by atoms with Crippen molar-refractivity contribution >= 4 is 28.8 Å². The zero-order valence-corrected chi connectivity index (χ0v) is 18.4. The Morgan fingerprint density at radius 3 is 2.20 bits per heavy atom. The van der Waals surface area contributed by atoms with Crippen molar-refractivity contribution in [3.05, 3.63) is 54.1 Å². The summed E-state index contributed by atoms with van der Waals surface area (Å²) in [6.45, 7) is 8.14. The van der Waals surface area contributed by atoms with Gasteiger partial charge in [-0.25, -0.2) is 0 Å². The van der Waals surface area contributed by atoms with Crippen LogP contribution in [-0.2, 0) is 9.53 Å². The van der Waals surface area contributed by atoms with Crippen molar-refractivity contribution < 1.29 is 19.0 Å². The molecule has 1 aliphatic rings. The minimum absolute atomic E-state index is 0.0739. The van der Waals surface area contributed by atoms with E-state index in [-0.39, 0.29) is 24.7 Å². The highest BCUT2D eigenvalue weighted by Crippen LogP contribution is 2.19. The third kappa shape index (κ3) is 6.18. The number of hydrogen-bond acceptors (Lipinski definition) is 5. The lowest BCUT2D eigenvalue weighted by Crippen LogP contribution is -2.47. The molecule has 0 unspecified atom stereocenters. The number of morpholine rings is 1. The second-order valence-corrected chi connectivity index (χ2v) is 7.67. The largest absolute Gasteiger partial charge is 0.494 e. The summed E-state index contributed by atoms with van der Waals surface area (Å²) in [6.07, 6.45) is 0.311. The Morgan fingerprint density at radius 2 is 1.60 bits per heavy atom. The molecule has 1 amide bonds. The van der Waals surface area contributed by atoms with Gasteiger partial charge in [-0.2, -0.15) is 0 Å². The average Bonchev–Trinajstić information content (AvgIpc) is 2.73. The summed E-state index contributed by atoms with van der Waals surface area (Å²) in [6, 6.07) is 14.7. The molecule has 1 fully saturated rings. The summed E-state index contributed by atoms with van der Waals surface area (Å²) in [5.41, 5.74) is 1.65. The van der Waals surface area contributed by atoms with Crippen molar-refractivity contribution in [2.75, 3.05) is 31.6 Å². The minimum Gasteiger partial charge on any atom is -0.494 e. The van der Waals surface area contributed by atoms with Crippen LogP contribution in [0.1, 0.15) is 26.3 Å². The number of nitrogens with zero attached hydrogens (tertiary/aromatic N) is 1. The molecule has 0 bridgehead atoms. The van der Waals surface area contributed by atoms with Gasteiger partial charge in [-0.15, -0.1) is 0 Å². The Bertz CT molecular complexity index is 845. The Hall–Kier alpha value is -2.64.